The number of carbonyl (C=O) groups excluding carboxylic acids is 1. The quantitative estimate of drug-likeness (QED) is 0.653. The fourth-order valence-electron chi connectivity index (χ4n) is 1.53. The Morgan fingerprint density at radius 1 is 1.33 bits per heavy atom. The summed E-state index contributed by atoms with van der Waals surface area (Å²) in [4.78, 5) is 11.8. The molecule has 6 heteroatoms. The predicted molar refractivity (Wildman–Crippen MR) is 74.3 cm³/mol. The maximum absolute atomic E-state index is 12.7. The number of rotatable bonds is 5. The van der Waals surface area contributed by atoms with Crippen LogP contribution in [-0.2, 0) is 11.3 Å². The number of benzene rings is 1. The SMILES string of the molecule is N#C/C(=C/Nc1ccc(F)cc1)C(=O)NCc1ccco1. The van der Waals surface area contributed by atoms with E-state index in [9.17, 15) is 9.18 Å². The summed E-state index contributed by atoms with van der Waals surface area (Å²) in [7, 11) is 0. The van der Waals surface area contributed by atoms with Crippen molar-refractivity contribution in [2.45, 2.75) is 6.54 Å². The van der Waals surface area contributed by atoms with Crippen LogP contribution in [0.1, 0.15) is 5.76 Å². The number of nitrogens with zero attached hydrogens (tertiary/aromatic N) is 1. The zero-order valence-electron chi connectivity index (χ0n) is 11.0. The lowest BCUT2D eigenvalue weighted by molar-refractivity contribution is -0.117. The Hall–Kier alpha value is -3.07. The van der Waals surface area contributed by atoms with Crippen LogP contribution in [0.4, 0.5) is 10.1 Å². The molecule has 1 aromatic heterocycles. The van der Waals surface area contributed by atoms with Crippen LogP contribution in [0.3, 0.4) is 0 Å². The third kappa shape index (κ3) is 4.21. The molecule has 21 heavy (non-hydrogen) atoms. The number of carbonyl (C=O) groups is 1. The highest BCUT2D eigenvalue weighted by Gasteiger charge is 2.09. The van der Waals surface area contributed by atoms with Gasteiger partial charge in [-0.2, -0.15) is 5.26 Å². The molecule has 0 unspecified atom stereocenters. The maximum Gasteiger partial charge on any atom is 0.263 e. The van der Waals surface area contributed by atoms with Gasteiger partial charge in [-0.25, -0.2) is 4.39 Å². The molecule has 0 fully saturated rings. The number of nitriles is 1. The Morgan fingerprint density at radius 3 is 2.71 bits per heavy atom. The van der Waals surface area contributed by atoms with Crippen molar-refractivity contribution in [1.29, 1.82) is 5.26 Å². The third-order valence-electron chi connectivity index (χ3n) is 2.60. The van der Waals surface area contributed by atoms with Gasteiger partial charge in [0.2, 0.25) is 0 Å². The van der Waals surface area contributed by atoms with Crippen LogP contribution in [0.2, 0.25) is 0 Å². The van der Waals surface area contributed by atoms with E-state index in [-0.39, 0.29) is 17.9 Å². The number of hydrogen-bond donors (Lipinski definition) is 2. The highest BCUT2D eigenvalue weighted by Crippen LogP contribution is 2.09. The van der Waals surface area contributed by atoms with Crippen molar-refractivity contribution in [3.63, 3.8) is 0 Å². The molecule has 0 spiro atoms. The van der Waals surface area contributed by atoms with Gasteiger partial charge in [0.25, 0.3) is 5.91 Å². The maximum atomic E-state index is 12.7. The molecular formula is C15H12FN3O2. The predicted octanol–water partition coefficient (Wildman–Crippen LogP) is 2.55. The number of amides is 1. The zero-order chi connectivity index (χ0) is 15.1. The fraction of sp³-hybridized carbons (Fsp3) is 0.0667. The topological polar surface area (TPSA) is 78.1 Å². The van der Waals surface area contributed by atoms with E-state index >= 15 is 0 Å². The zero-order valence-corrected chi connectivity index (χ0v) is 11.0. The molecule has 1 aromatic carbocycles. The van der Waals surface area contributed by atoms with Gasteiger partial charge in [0.15, 0.2) is 0 Å². The minimum Gasteiger partial charge on any atom is -0.467 e. The fourth-order valence-corrected chi connectivity index (χ4v) is 1.53. The molecule has 0 radical (unpaired) electrons. The Balaban J connectivity index is 1.94. The second kappa shape index (κ2) is 6.91. The largest absolute Gasteiger partial charge is 0.467 e. The van der Waals surface area contributed by atoms with Gasteiger partial charge in [0.1, 0.15) is 23.2 Å². The molecule has 2 N–H and O–H groups in total. The summed E-state index contributed by atoms with van der Waals surface area (Å²) in [5, 5.41) is 14.3. The van der Waals surface area contributed by atoms with Gasteiger partial charge < -0.3 is 15.1 Å². The summed E-state index contributed by atoms with van der Waals surface area (Å²) in [5.74, 6) is -0.295. The Morgan fingerprint density at radius 2 is 2.10 bits per heavy atom. The average Bonchev–Trinajstić information content (AvgIpc) is 3.01. The van der Waals surface area contributed by atoms with E-state index in [0.717, 1.165) is 0 Å². The van der Waals surface area contributed by atoms with Crippen molar-refractivity contribution in [3.05, 3.63) is 66.0 Å². The van der Waals surface area contributed by atoms with Crippen LogP contribution in [0.25, 0.3) is 0 Å². The van der Waals surface area contributed by atoms with Crippen LogP contribution in [0.15, 0.2) is 58.9 Å². The molecule has 5 nitrogen and oxygen atoms in total. The summed E-state index contributed by atoms with van der Waals surface area (Å²) in [5.41, 5.74) is 0.480. The standard InChI is InChI=1S/C15H12FN3O2/c16-12-3-5-13(6-4-12)18-9-11(8-17)15(20)19-10-14-2-1-7-21-14/h1-7,9,18H,10H2,(H,19,20)/b11-9-. The number of furan rings is 1. The summed E-state index contributed by atoms with van der Waals surface area (Å²) >= 11 is 0. The summed E-state index contributed by atoms with van der Waals surface area (Å²) < 4.78 is 17.8. The Bertz CT molecular complexity index is 670. The van der Waals surface area contributed by atoms with E-state index in [1.165, 1.54) is 36.7 Å². The molecule has 0 aliphatic heterocycles. The van der Waals surface area contributed by atoms with Crippen molar-refractivity contribution >= 4 is 11.6 Å². The summed E-state index contributed by atoms with van der Waals surface area (Å²) in [6.07, 6.45) is 2.77. The van der Waals surface area contributed by atoms with Gasteiger partial charge in [0, 0.05) is 11.9 Å². The first-order chi connectivity index (χ1) is 10.2. The van der Waals surface area contributed by atoms with Crippen LogP contribution >= 0.6 is 0 Å². The minimum absolute atomic E-state index is 0.0918. The number of nitrogens with one attached hydrogen (secondary N) is 2. The lowest BCUT2D eigenvalue weighted by Crippen LogP contribution is -2.24. The van der Waals surface area contributed by atoms with E-state index in [1.807, 2.05) is 0 Å². The third-order valence-corrected chi connectivity index (χ3v) is 2.60. The molecule has 0 saturated carbocycles. The Kier molecular flexibility index (Phi) is 4.72. The second-order valence-corrected chi connectivity index (χ2v) is 4.08. The van der Waals surface area contributed by atoms with E-state index in [2.05, 4.69) is 10.6 Å². The van der Waals surface area contributed by atoms with E-state index in [0.29, 0.717) is 11.4 Å². The first kappa shape index (κ1) is 14.3. The normalized spacial score (nSPS) is 10.8. The molecule has 1 amide bonds. The van der Waals surface area contributed by atoms with Crippen LogP contribution in [-0.4, -0.2) is 5.91 Å². The van der Waals surface area contributed by atoms with Crippen molar-refractivity contribution < 1.29 is 13.6 Å². The minimum atomic E-state index is -0.525. The highest BCUT2D eigenvalue weighted by atomic mass is 19.1. The number of anilines is 1. The van der Waals surface area contributed by atoms with Crippen LogP contribution in [0, 0.1) is 17.1 Å². The average molecular weight is 285 g/mol. The van der Waals surface area contributed by atoms with Gasteiger partial charge in [-0.15, -0.1) is 0 Å². The van der Waals surface area contributed by atoms with E-state index in [4.69, 9.17) is 9.68 Å². The highest BCUT2D eigenvalue weighted by molar-refractivity contribution is 5.97. The van der Waals surface area contributed by atoms with E-state index < -0.39 is 5.91 Å². The molecule has 2 rings (SSSR count). The van der Waals surface area contributed by atoms with Gasteiger partial charge in [-0.1, -0.05) is 0 Å². The van der Waals surface area contributed by atoms with Crippen molar-refractivity contribution in [2.24, 2.45) is 0 Å². The summed E-state index contributed by atoms with van der Waals surface area (Å²) in [6.45, 7) is 0.196. The first-order valence-corrected chi connectivity index (χ1v) is 6.12. The second-order valence-electron chi connectivity index (χ2n) is 4.08. The van der Waals surface area contributed by atoms with Crippen molar-refractivity contribution in [3.8, 4) is 6.07 Å². The molecular weight excluding hydrogens is 273 g/mol. The molecule has 0 atom stereocenters. The lowest BCUT2D eigenvalue weighted by Gasteiger charge is -2.03. The smallest absolute Gasteiger partial charge is 0.263 e. The molecule has 0 aliphatic carbocycles. The van der Waals surface area contributed by atoms with Gasteiger partial charge >= 0.3 is 0 Å². The Labute approximate surface area is 120 Å². The molecule has 2 aromatic rings. The lowest BCUT2D eigenvalue weighted by atomic mass is 10.2. The van der Waals surface area contributed by atoms with Gasteiger partial charge in [-0.05, 0) is 36.4 Å². The number of halogens is 1. The monoisotopic (exact) mass is 285 g/mol. The molecule has 0 bridgehead atoms. The van der Waals surface area contributed by atoms with Crippen LogP contribution < -0.4 is 10.6 Å². The molecule has 1 heterocycles. The molecule has 0 saturated heterocycles. The number of hydrogen-bond acceptors (Lipinski definition) is 4. The summed E-state index contributed by atoms with van der Waals surface area (Å²) in [6, 6.07) is 10.8. The van der Waals surface area contributed by atoms with Crippen molar-refractivity contribution in [1.82, 2.24) is 5.32 Å². The molecule has 0 aliphatic rings. The van der Waals surface area contributed by atoms with E-state index in [1.54, 1.807) is 18.2 Å². The van der Waals surface area contributed by atoms with Gasteiger partial charge in [-0.3, -0.25) is 4.79 Å². The van der Waals surface area contributed by atoms with Gasteiger partial charge in [0.05, 0.1) is 12.8 Å². The first-order valence-electron chi connectivity index (χ1n) is 6.12. The molecule has 106 valence electrons. The van der Waals surface area contributed by atoms with Crippen LogP contribution in [0.5, 0.6) is 0 Å². The van der Waals surface area contributed by atoms with Crippen molar-refractivity contribution in [2.75, 3.05) is 5.32 Å².